The van der Waals surface area contributed by atoms with Crippen molar-refractivity contribution >= 4 is 17.4 Å². The van der Waals surface area contributed by atoms with Crippen molar-refractivity contribution in [1.29, 1.82) is 0 Å². The van der Waals surface area contributed by atoms with Crippen LogP contribution in [0.3, 0.4) is 0 Å². The van der Waals surface area contributed by atoms with Gasteiger partial charge in [0.25, 0.3) is 0 Å². The predicted octanol–water partition coefficient (Wildman–Crippen LogP) is 3.38. The van der Waals surface area contributed by atoms with Gasteiger partial charge in [-0.2, -0.15) is 0 Å². The Morgan fingerprint density at radius 2 is 1.83 bits per heavy atom. The van der Waals surface area contributed by atoms with E-state index in [-0.39, 0.29) is 5.91 Å². The molecule has 92 valence electrons. The van der Waals surface area contributed by atoms with Crippen LogP contribution in [0.25, 0.3) is 0 Å². The first-order valence-electron chi connectivity index (χ1n) is 5.88. The molecule has 0 atom stereocenters. The third kappa shape index (κ3) is 2.40. The minimum absolute atomic E-state index is 0.0411. The van der Waals surface area contributed by atoms with Crippen LogP contribution in [0.1, 0.15) is 18.1 Å². The Balaban J connectivity index is 2.52. The van der Waals surface area contributed by atoms with Crippen LogP contribution in [0.5, 0.6) is 0 Å². The van der Waals surface area contributed by atoms with Crippen LogP contribution >= 0.6 is 0 Å². The highest BCUT2D eigenvalue weighted by Gasteiger charge is 2.17. The molecule has 0 fully saturated rings. The van der Waals surface area contributed by atoms with Crippen molar-refractivity contribution in [3.8, 4) is 0 Å². The van der Waals surface area contributed by atoms with E-state index in [0.717, 1.165) is 16.8 Å². The topological polar surface area (TPSA) is 33.2 Å². The van der Waals surface area contributed by atoms with E-state index in [2.05, 4.69) is 4.98 Å². The number of aromatic nitrogens is 1. The fraction of sp³-hybridized carbons (Fsp3) is 0.200. The minimum atomic E-state index is -0.0411. The first-order chi connectivity index (χ1) is 8.59. The van der Waals surface area contributed by atoms with Gasteiger partial charge in [-0.1, -0.05) is 24.3 Å². The Morgan fingerprint density at radius 3 is 2.39 bits per heavy atom. The molecule has 0 N–H and O–H groups in total. The second kappa shape index (κ2) is 5.00. The zero-order chi connectivity index (χ0) is 13.1. The highest BCUT2D eigenvalue weighted by Crippen LogP contribution is 2.26. The molecule has 0 spiro atoms. The van der Waals surface area contributed by atoms with E-state index in [1.807, 2.05) is 50.2 Å². The Morgan fingerprint density at radius 1 is 1.17 bits per heavy atom. The van der Waals surface area contributed by atoms with Gasteiger partial charge in [-0.25, -0.2) is 4.98 Å². The lowest BCUT2D eigenvalue weighted by Crippen LogP contribution is -2.24. The molecule has 0 aliphatic rings. The highest BCUT2D eigenvalue weighted by atomic mass is 16.2. The number of pyridine rings is 1. The van der Waals surface area contributed by atoms with Crippen molar-refractivity contribution in [3.05, 3.63) is 53.7 Å². The fourth-order valence-electron chi connectivity index (χ4n) is 1.97. The molecule has 1 aromatic carbocycles. The molecule has 0 aliphatic carbocycles. The SMILES string of the molecule is CC(=O)N(c1ccccc1)c1ncc(C)cc1C. The van der Waals surface area contributed by atoms with E-state index >= 15 is 0 Å². The molecule has 0 aliphatic heterocycles. The lowest BCUT2D eigenvalue weighted by molar-refractivity contribution is -0.115. The van der Waals surface area contributed by atoms with Crippen LogP contribution in [0.15, 0.2) is 42.6 Å². The zero-order valence-electron chi connectivity index (χ0n) is 10.8. The number of hydrogen-bond acceptors (Lipinski definition) is 2. The molecule has 0 unspecified atom stereocenters. The number of benzene rings is 1. The molecule has 0 saturated heterocycles. The summed E-state index contributed by atoms with van der Waals surface area (Å²) in [4.78, 5) is 17.9. The third-order valence-corrected chi connectivity index (χ3v) is 2.73. The average Bonchev–Trinajstić information content (AvgIpc) is 2.33. The number of para-hydroxylation sites is 1. The summed E-state index contributed by atoms with van der Waals surface area (Å²) in [6.07, 6.45) is 1.78. The summed E-state index contributed by atoms with van der Waals surface area (Å²) < 4.78 is 0. The van der Waals surface area contributed by atoms with E-state index in [0.29, 0.717) is 5.82 Å². The van der Waals surface area contributed by atoms with Gasteiger partial charge in [0.2, 0.25) is 5.91 Å². The van der Waals surface area contributed by atoms with Crippen LogP contribution in [-0.2, 0) is 4.79 Å². The van der Waals surface area contributed by atoms with Crippen LogP contribution in [0.2, 0.25) is 0 Å². The van der Waals surface area contributed by atoms with Gasteiger partial charge in [0.05, 0.1) is 5.69 Å². The van der Waals surface area contributed by atoms with Crippen molar-refractivity contribution < 1.29 is 4.79 Å². The van der Waals surface area contributed by atoms with E-state index in [1.54, 1.807) is 18.0 Å². The summed E-state index contributed by atoms with van der Waals surface area (Å²) in [7, 11) is 0. The minimum Gasteiger partial charge on any atom is -0.274 e. The predicted molar refractivity (Wildman–Crippen MR) is 73.0 cm³/mol. The van der Waals surface area contributed by atoms with Gasteiger partial charge >= 0.3 is 0 Å². The van der Waals surface area contributed by atoms with E-state index in [1.165, 1.54) is 0 Å². The summed E-state index contributed by atoms with van der Waals surface area (Å²) in [5.41, 5.74) is 2.92. The van der Waals surface area contributed by atoms with Crippen LogP contribution in [0, 0.1) is 13.8 Å². The van der Waals surface area contributed by atoms with E-state index in [9.17, 15) is 4.79 Å². The summed E-state index contributed by atoms with van der Waals surface area (Å²) in [5.74, 6) is 0.653. The van der Waals surface area contributed by atoms with Crippen LogP contribution in [-0.4, -0.2) is 10.9 Å². The highest BCUT2D eigenvalue weighted by molar-refractivity contribution is 5.98. The standard InChI is InChI=1S/C15H16N2O/c1-11-9-12(2)15(16-10-11)17(13(3)18)14-7-5-4-6-8-14/h4-10H,1-3H3. The van der Waals surface area contributed by atoms with Gasteiger partial charge < -0.3 is 0 Å². The third-order valence-electron chi connectivity index (χ3n) is 2.73. The maximum absolute atomic E-state index is 11.9. The quantitative estimate of drug-likeness (QED) is 0.806. The van der Waals surface area contributed by atoms with Crippen LogP contribution in [0.4, 0.5) is 11.5 Å². The first-order valence-corrected chi connectivity index (χ1v) is 5.88. The largest absolute Gasteiger partial charge is 0.274 e. The van der Waals surface area contributed by atoms with Gasteiger partial charge in [0.1, 0.15) is 5.82 Å². The molecule has 0 bridgehead atoms. The summed E-state index contributed by atoms with van der Waals surface area (Å²) in [6.45, 7) is 5.51. The Bertz CT molecular complexity index is 564. The molecule has 1 amide bonds. The zero-order valence-corrected chi connectivity index (χ0v) is 10.8. The van der Waals surface area contributed by atoms with Gasteiger partial charge in [-0.05, 0) is 37.1 Å². The number of amides is 1. The van der Waals surface area contributed by atoms with Crippen molar-refractivity contribution in [2.24, 2.45) is 0 Å². The maximum Gasteiger partial charge on any atom is 0.229 e. The summed E-state index contributed by atoms with van der Waals surface area (Å²) in [5, 5.41) is 0. The molecule has 18 heavy (non-hydrogen) atoms. The van der Waals surface area contributed by atoms with Crippen LogP contribution < -0.4 is 4.90 Å². The van der Waals surface area contributed by atoms with Gasteiger partial charge in [0.15, 0.2) is 0 Å². The Kier molecular flexibility index (Phi) is 3.42. The molecule has 1 heterocycles. The van der Waals surface area contributed by atoms with Crippen molar-refractivity contribution in [1.82, 2.24) is 4.98 Å². The molecular weight excluding hydrogens is 224 g/mol. The van der Waals surface area contributed by atoms with Gasteiger partial charge in [0, 0.05) is 13.1 Å². The molecule has 2 rings (SSSR count). The van der Waals surface area contributed by atoms with Crippen molar-refractivity contribution in [2.75, 3.05) is 4.90 Å². The molecular formula is C15H16N2O. The van der Waals surface area contributed by atoms with E-state index in [4.69, 9.17) is 0 Å². The smallest absolute Gasteiger partial charge is 0.229 e. The lowest BCUT2D eigenvalue weighted by Gasteiger charge is -2.22. The monoisotopic (exact) mass is 240 g/mol. The Hall–Kier alpha value is -2.16. The van der Waals surface area contributed by atoms with Gasteiger partial charge in [-0.15, -0.1) is 0 Å². The molecule has 0 saturated carbocycles. The number of aryl methyl sites for hydroxylation is 2. The second-order valence-corrected chi connectivity index (χ2v) is 4.34. The lowest BCUT2D eigenvalue weighted by atomic mass is 10.2. The average molecular weight is 240 g/mol. The maximum atomic E-state index is 11.9. The number of nitrogens with zero attached hydrogens (tertiary/aromatic N) is 2. The molecule has 0 radical (unpaired) electrons. The summed E-state index contributed by atoms with van der Waals surface area (Å²) >= 11 is 0. The van der Waals surface area contributed by atoms with E-state index < -0.39 is 0 Å². The van der Waals surface area contributed by atoms with Crippen molar-refractivity contribution in [3.63, 3.8) is 0 Å². The molecule has 2 aromatic rings. The number of rotatable bonds is 2. The second-order valence-electron chi connectivity index (χ2n) is 4.34. The van der Waals surface area contributed by atoms with Crippen molar-refractivity contribution in [2.45, 2.75) is 20.8 Å². The normalized spacial score (nSPS) is 10.2. The van der Waals surface area contributed by atoms with Gasteiger partial charge in [-0.3, -0.25) is 9.69 Å². The molecule has 3 nitrogen and oxygen atoms in total. The number of anilines is 2. The Labute approximate surface area is 107 Å². The number of carbonyl (C=O) groups is 1. The molecule has 1 aromatic heterocycles. The first kappa shape index (κ1) is 12.3. The number of hydrogen-bond donors (Lipinski definition) is 0. The fourth-order valence-corrected chi connectivity index (χ4v) is 1.97. The molecule has 3 heteroatoms. The summed E-state index contributed by atoms with van der Waals surface area (Å²) in [6, 6.07) is 11.6. The number of carbonyl (C=O) groups excluding carboxylic acids is 1.